The van der Waals surface area contributed by atoms with Crippen LogP contribution in [0.1, 0.15) is 25.3 Å². The Bertz CT molecular complexity index is 424. The second kappa shape index (κ2) is 8.30. The van der Waals surface area contributed by atoms with Crippen molar-refractivity contribution < 1.29 is 9.53 Å². The second-order valence-electron chi connectivity index (χ2n) is 4.41. The molecule has 0 aliphatic heterocycles. The van der Waals surface area contributed by atoms with E-state index in [1.54, 1.807) is 7.11 Å². The standard InChI is InChI=1S/C14H21BrN2O2/c1-3-5-10(8-16)14(18)17-13-7-4-6-12(15)11(13)9-19-2/h4,6-7,10H,3,5,8-9,16H2,1-2H3,(H,17,18). The molecule has 0 saturated carbocycles. The molecule has 0 bridgehead atoms. The van der Waals surface area contributed by atoms with Crippen molar-refractivity contribution in [2.75, 3.05) is 19.0 Å². The summed E-state index contributed by atoms with van der Waals surface area (Å²) in [4.78, 5) is 12.2. The number of methoxy groups -OCH3 is 1. The van der Waals surface area contributed by atoms with E-state index in [9.17, 15) is 4.79 Å². The summed E-state index contributed by atoms with van der Waals surface area (Å²) in [5, 5.41) is 2.94. The van der Waals surface area contributed by atoms with E-state index in [1.807, 2.05) is 25.1 Å². The van der Waals surface area contributed by atoms with Crippen molar-refractivity contribution in [2.45, 2.75) is 26.4 Å². The lowest BCUT2D eigenvalue weighted by Gasteiger charge is -2.17. The van der Waals surface area contributed by atoms with E-state index >= 15 is 0 Å². The van der Waals surface area contributed by atoms with Gasteiger partial charge in [-0.1, -0.05) is 35.3 Å². The van der Waals surface area contributed by atoms with E-state index in [-0.39, 0.29) is 11.8 Å². The molecule has 0 spiro atoms. The summed E-state index contributed by atoms with van der Waals surface area (Å²) in [7, 11) is 1.63. The first kappa shape index (κ1) is 16.1. The highest BCUT2D eigenvalue weighted by Crippen LogP contribution is 2.26. The van der Waals surface area contributed by atoms with Crippen LogP contribution in [0, 0.1) is 5.92 Å². The summed E-state index contributed by atoms with van der Waals surface area (Å²) in [5.41, 5.74) is 7.35. The van der Waals surface area contributed by atoms with Gasteiger partial charge in [-0.2, -0.15) is 0 Å². The van der Waals surface area contributed by atoms with Gasteiger partial charge in [0.1, 0.15) is 0 Å². The molecule has 1 unspecified atom stereocenters. The number of carbonyl (C=O) groups excluding carboxylic acids is 1. The quantitative estimate of drug-likeness (QED) is 0.808. The van der Waals surface area contributed by atoms with Crippen LogP contribution in [-0.4, -0.2) is 19.6 Å². The fourth-order valence-electron chi connectivity index (χ4n) is 1.91. The van der Waals surface area contributed by atoms with Gasteiger partial charge < -0.3 is 15.8 Å². The van der Waals surface area contributed by atoms with Crippen LogP contribution in [0.2, 0.25) is 0 Å². The summed E-state index contributed by atoms with van der Waals surface area (Å²) in [6.07, 6.45) is 1.74. The van der Waals surface area contributed by atoms with Crippen molar-refractivity contribution >= 4 is 27.5 Å². The minimum Gasteiger partial charge on any atom is -0.380 e. The normalized spacial score (nSPS) is 12.2. The average Bonchev–Trinajstić information content (AvgIpc) is 2.40. The predicted octanol–water partition coefficient (Wildman–Crippen LogP) is 2.91. The van der Waals surface area contributed by atoms with Gasteiger partial charge in [0.2, 0.25) is 5.91 Å². The Morgan fingerprint density at radius 1 is 1.53 bits per heavy atom. The lowest BCUT2D eigenvalue weighted by atomic mass is 10.0. The molecule has 4 nitrogen and oxygen atoms in total. The largest absolute Gasteiger partial charge is 0.380 e. The zero-order valence-electron chi connectivity index (χ0n) is 11.4. The van der Waals surface area contributed by atoms with Crippen molar-refractivity contribution in [3.05, 3.63) is 28.2 Å². The van der Waals surface area contributed by atoms with Gasteiger partial charge >= 0.3 is 0 Å². The highest BCUT2D eigenvalue weighted by Gasteiger charge is 2.17. The van der Waals surface area contributed by atoms with Crippen LogP contribution in [0.5, 0.6) is 0 Å². The van der Waals surface area contributed by atoms with Crippen molar-refractivity contribution in [1.82, 2.24) is 0 Å². The first-order valence-corrected chi connectivity index (χ1v) is 7.20. The van der Waals surface area contributed by atoms with Crippen LogP contribution >= 0.6 is 15.9 Å². The molecular weight excluding hydrogens is 308 g/mol. The van der Waals surface area contributed by atoms with Crippen LogP contribution < -0.4 is 11.1 Å². The second-order valence-corrected chi connectivity index (χ2v) is 5.26. The van der Waals surface area contributed by atoms with Gasteiger partial charge in [0.15, 0.2) is 0 Å². The number of nitrogens with one attached hydrogen (secondary N) is 1. The molecule has 0 aliphatic rings. The molecule has 1 aromatic rings. The molecule has 1 atom stereocenters. The van der Waals surface area contributed by atoms with Gasteiger partial charge in [-0.05, 0) is 18.6 Å². The van der Waals surface area contributed by atoms with Crippen molar-refractivity contribution in [3.63, 3.8) is 0 Å². The Labute approximate surface area is 122 Å². The highest BCUT2D eigenvalue weighted by molar-refractivity contribution is 9.10. The number of carbonyl (C=O) groups is 1. The number of amides is 1. The highest BCUT2D eigenvalue weighted by atomic mass is 79.9. The van der Waals surface area contributed by atoms with Gasteiger partial charge in [-0.25, -0.2) is 0 Å². The predicted molar refractivity (Wildman–Crippen MR) is 80.9 cm³/mol. The maximum atomic E-state index is 12.2. The molecular formula is C14H21BrN2O2. The molecule has 3 N–H and O–H groups in total. The molecule has 0 aliphatic carbocycles. The molecule has 19 heavy (non-hydrogen) atoms. The third kappa shape index (κ3) is 4.60. The van der Waals surface area contributed by atoms with E-state index in [0.29, 0.717) is 13.2 Å². The smallest absolute Gasteiger partial charge is 0.228 e. The molecule has 0 fully saturated rings. The van der Waals surface area contributed by atoms with Gasteiger partial charge in [-0.3, -0.25) is 4.79 Å². The summed E-state index contributed by atoms with van der Waals surface area (Å²) in [5.74, 6) is -0.167. The van der Waals surface area contributed by atoms with Crippen molar-refractivity contribution in [3.8, 4) is 0 Å². The van der Waals surface area contributed by atoms with Gasteiger partial charge in [0, 0.05) is 29.4 Å². The number of halogens is 1. The molecule has 0 saturated heterocycles. The molecule has 1 aromatic carbocycles. The van der Waals surface area contributed by atoms with Gasteiger partial charge in [0.25, 0.3) is 0 Å². The monoisotopic (exact) mass is 328 g/mol. The van der Waals surface area contributed by atoms with E-state index in [2.05, 4.69) is 21.2 Å². The van der Waals surface area contributed by atoms with E-state index in [1.165, 1.54) is 0 Å². The Kier molecular flexibility index (Phi) is 7.05. The van der Waals surface area contributed by atoms with E-state index in [4.69, 9.17) is 10.5 Å². The molecule has 0 radical (unpaired) electrons. The SMILES string of the molecule is CCCC(CN)C(=O)Nc1cccc(Br)c1COC. The van der Waals surface area contributed by atoms with E-state index < -0.39 is 0 Å². The minimum atomic E-state index is -0.139. The molecule has 5 heteroatoms. The molecule has 106 valence electrons. The van der Waals surface area contributed by atoms with E-state index in [0.717, 1.165) is 28.6 Å². The summed E-state index contributed by atoms with van der Waals surface area (Å²) in [6, 6.07) is 5.68. The van der Waals surface area contributed by atoms with Crippen LogP contribution in [0.4, 0.5) is 5.69 Å². The number of anilines is 1. The number of benzene rings is 1. The zero-order valence-corrected chi connectivity index (χ0v) is 13.0. The molecule has 1 rings (SSSR count). The summed E-state index contributed by atoms with van der Waals surface area (Å²) >= 11 is 3.47. The van der Waals surface area contributed by atoms with Gasteiger partial charge in [0.05, 0.1) is 12.5 Å². The number of rotatable bonds is 7. The molecule has 1 amide bonds. The van der Waals surface area contributed by atoms with Crippen molar-refractivity contribution in [1.29, 1.82) is 0 Å². The number of hydrogen-bond donors (Lipinski definition) is 2. The third-order valence-electron chi connectivity index (χ3n) is 2.96. The fourth-order valence-corrected chi connectivity index (χ4v) is 2.39. The minimum absolute atomic E-state index is 0.0280. The maximum Gasteiger partial charge on any atom is 0.228 e. The average molecular weight is 329 g/mol. The van der Waals surface area contributed by atoms with Crippen LogP contribution in [0.25, 0.3) is 0 Å². The number of hydrogen-bond acceptors (Lipinski definition) is 3. The molecule has 0 aromatic heterocycles. The lowest BCUT2D eigenvalue weighted by molar-refractivity contribution is -0.119. The number of ether oxygens (including phenoxy) is 1. The summed E-state index contributed by atoms with van der Waals surface area (Å²) in [6.45, 7) is 2.86. The number of nitrogens with two attached hydrogens (primary N) is 1. The Morgan fingerprint density at radius 2 is 2.26 bits per heavy atom. The third-order valence-corrected chi connectivity index (χ3v) is 3.70. The van der Waals surface area contributed by atoms with Gasteiger partial charge in [-0.15, -0.1) is 0 Å². The summed E-state index contributed by atoms with van der Waals surface area (Å²) < 4.78 is 6.08. The Morgan fingerprint density at radius 3 is 2.84 bits per heavy atom. The molecule has 0 heterocycles. The maximum absolute atomic E-state index is 12.2. The Balaban J connectivity index is 2.86. The topological polar surface area (TPSA) is 64.4 Å². The van der Waals surface area contributed by atoms with Crippen LogP contribution in [0.15, 0.2) is 22.7 Å². The Hall–Kier alpha value is -0.910. The first-order valence-electron chi connectivity index (χ1n) is 6.41. The van der Waals surface area contributed by atoms with Crippen molar-refractivity contribution in [2.24, 2.45) is 11.7 Å². The zero-order chi connectivity index (χ0) is 14.3. The fraction of sp³-hybridized carbons (Fsp3) is 0.500. The van der Waals surface area contributed by atoms with Crippen LogP contribution in [0.3, 0.4) is 0 Å². The van der Waals surface area contributed by atoms with Crippen LogP contribution in [-0.2, 0) is 16.1 Å². The first-order chi connectivity index (χ1) is 9.13. The lowest BCUT2D eigenvalue weighted by Crippen LogP contribution is -2.29.